The molecule has 0 N–H and O–H groups in total. The highest BCUT2D eigenvalue weighted by Crippen LogP contribution is 2.03. The van der Waals surface area contributed by atoms with Crippen LogP contribution in [0.1, 0.15) is 38.2 Å². The first kappa shape index (κ1) is 14.5. The first-order chi connectivity index (χ1) is 8.65. The molecule has 0 spiro atoms. The quantitative estimate of drug-likeness (QED) is 0.552. The van der Waals surface area contributed by atoms with Crippen molar-refractivity contribution in [3.05, 3.63) is 34.2 Å². The number of ether oxygens (including phenoxy) is 1. The van der Waals surface area contributed by atoms with Gasteiger partial charge in [-0.2, -0.15) is 0 Å². The SMILES string of the molecule is CCOC(=O)CCCCCn1cccc(C)c1=O. The Morgan fingerprint density at radius 1 is 1.33 bits per heavy atom. The Bertz CT molecular complexity index is 437. The summed E-state index contributed by atoms with van der Waals surface area (Å²) < 4.78 is 6.57. The number of esters is 1. The first-order valence-corrected chi connectivity index (χ1v) is 6.47. The topological polar surface area (TPSA) is 48.3 Å². The van der Waals surface area contributed by atoms with Gasteiger partial charge in [0.2, 0.25) is 0 Å². The van der Waals surface area contributed by atoms with Crippen molar-refractivity contribution in [3.8, 4) is 0 Å². The van der Waals surface area contributed by atoms with Crippen molar-refractivity contribution in [2.24, 2.45) is 0 Å². The molecule has 0 atom stereocenters. The second-order valence-electron chi connectivity index (χ2n) is 4.31. The molecule has 0 aromatic carbocycles. The summed E-state index contributed by atoms with van der Waals surface area (Å²) in [6, 6.07) is 3.70. The maximum absolute atomic E-state index is 11.7. The van der Waals surface area contributed by atoms with E-state index in [1.807, 2.05) is 26.0 Å². The lowest BCUT2D eigenvalue weighted by Crippen LogP contribution is -2.21. The smallest absolute Gasteiger partial charge is 0.305 e. The van der Waals surface area contributed by atoms with Crippen LogP contribution in [0.25, 0.3) is 0 Å². The molecular formula is C14H21NO3. The molecule has 1 rings (SSSR count). The van der Waals surface area contributed by atoms with Gasteiger partial charge in [0.25, 0.3) is 5.56 Å². The standard InChI is InChI=1S/C14H21NO3/c1-3-18-13(16)9-5-4-6-10-15-11-7-8-12(2)14(15)17/h7-8,11H,3-6,9-10H2,1-2H3. The molecule has 18 heavy (non-hydrogen) atoms. The third-order valence-corrected chi connectivity index (χ3v) is 2.80. The van der Waals surface area contributed by atoms with E-state index in [9.17, 15) is 9.59 Å². The maximum atomic E-state index is 11.7. The minimum Gasteiger partial charge on any atom is -0.466 e. The number of nitrogens with zero attached hydrogens (tertiary/aromatic N) is 1. The molecule has 0 fully saturated rings. The molecule has 4 heteroatoms. The van der Waals surface area contributed by atoms with Crippen LogP contribution in [0.4, 0.5) is 0 Å². The molecule has 4 nitrogen and oxygen atoms in total. The summed E-state index contributed by atoms with van der Waals surface area (Å²) in [4.78, 5) is 22.8. The predicted octanol–water partition coefficient (Wildman–Crippen LogP) is 2.28. The molecule has 1 aromatic rings. The zero-order chi connectivity index (χ0) is 13.4. The van der Waals surface area contributed by atoms with Gasteiger partial charge in [-0.1, -0.05) is 12.5 Å². The third-order valence-electron chi connectivity index (χ3n) is 2.80. The molecule has 1 aromatic heterocycles. The number of carbonyl (C=O) groups is 1. The summed E-state index contributed by atoms with van der Waals surface area (Å²) in [5, 5.41) is 0. The summed E-state index contributed by atoms with van der Waals surface area (Å²) >= 11 is 0. The van der Waals surface area contributed by atoms with Crippen LogP contribution in [0.2, 0.25) is 0 Å². The Balaban J connectivity index is 2.24. The van der Waals surface area contributed by atoms with Gasteiger partial charge >= 0.3 is 5.97 Å². The number of hydrogen-bond acceptors (Lipinski definition) is 3. The zero-order valence-corrected chi connectivity index (χ0v) is 11.1. The van der Waals surface area contributed by atoms with Gasteiger partial charge in [-0.15, -0.1) is 0 Å². The fraction of sp³-hybridized carbons (Fsp3) is 0.571. The van der Waals surface area contributed by atoms with Gasteiger partial charge in [0.1, 0.15) is 0 Å². The molecule has 1 heterocycles. The van der Waals surface area contributed by atoms with Crippen LogP contribution in [0.15, 0.2) is 23.1 Å². The van der Waals surface area contributed by atoms with Gasteiger partial charge in [-0.05, 0) is 32.8 Å². The lowest BCUT2D eigenvalue weighted by Gasteiger charge is -2.06. The Labute approximate surface area is 108 Å². The summed E-state index contributed by atoms with van der Waals surface area (Å²) in [5.74, 6) is -0.134. The summed E-state index contributed by atoms with van der Waals surface area (Å²) in [5.41, 5.74) is 0.840. The number of aromatic nitrogens is 1. The molecular weight excluding hydrogens is 230 g/mol. The minimum absolute atomic E-state index is 0.0721. The van der Waals surface area contributed by atoms with Crippen LogP contribution < -0.4 is 5.56 Å². The Hall–Kier alpha value is -1.58. The largest absolute Gasteiger partial charge is 0.466 e. The Morgan fingerprint density at radius 2 is 2.11 bits per heavy atom. The van der Waals surface area contributed by atoms with E-state index in [0.717, 1.165) is 24.8 Å². The zero-order valence-electron chi connectivity index (χ0n) is 11.1. The van der Waals surface area contributed by atoms with Crippen molar-refractivity contribution in [1.82, 2.24) is 4.57 Å². The van der Waals surface area contributed by atoms with Crippen molar-refractivity contribution in [3.63, 3.8) is 0 Å². The van der Waals surface area contributed by atoms with E-state index >= 15 is 0 Å². The van der Waals surface area contributed by atoms with Gasteiger partial charge in [0.05, 0.1) is 6.61 Å². The van der Waals surface area contributed by atoms with Crippen molar-refractivity contribution in [2.75, 3.05) is 6.61 Å². The summed E-state index contributed by atoms with van der Waals surface area (Å²) in [6.45, 7) is 4.78. The number of aryl methyl sites for hydroxylation is 2. The van der Waals surface area contributed by atoms with E-state index < -0.39 is 0 Å². The van der Waals surface area contributed by atoms with E-state index in [0.29, 0.717) is 19.6 Å². The van der Waals surface area contributed by atoms with Crippen LogP contribution >= 0.6 is 0 Å². The Kier molecular flexibility index (Phi) is 6.19. The normalized spacial score (nSPS) is 10.3. The van der Waals surface area contributed by atoms with Crippen LogP contribution in [0.3, 0.4) is 0 Å². The first-order valence-electron chi connectivity index (χ1n) is 6.47. The minimum atomic E-state index is -0.134. The molecule has 100 valence electrons. The van der Waals surface area contributed by atoms with Crippen LogP contribution in [-0.4, -0.2) is 17.1 Å². The maximum Gasteiger partial charge on any atom is 0.305 e. The molecule has 0 aliphatic heterocycles. The van der Waals surface area contributed by atoms with Crippen molar-refractivity contribution >= 4 is 5.97 Å². The lowest BCUT2D eigenvalue weighted by molar-refractivity contribution is -0.143. The molecule has 0 saturated carbocycles. The number of unbranched alkanes of at least 4 members (excludes halogenated alkanes) is 2. The highest BCUT2D eigenvalue weighted by atomic mass is 16.5. The predicted molar refractivity (Wildman–Crippen MR) is 70.5 cm³/mol. The van der Waals surface area contributed by atoms with Crippen LogP contribution in [0.5, 0.6) is 0 Å². The van der Waals surface area contributed by atoms with Gasteiger partial charge in [0, 0.05) is 24.7 Å². The van der Waals surface area contributed by atoms with E-state index in [-0.39, 0.29) is 11.5 Å². The van der Waals surface area contributed by atoms with Gasteiger partial charge in [-0.3, -0.25) is 9.59 Å². The van der Waals surface area contributed by atoms with Gasteiger partial charge < -0.3 is 9.30 Å². The molecule has 0 aliphatic rings. The van der Waals surface area contributed by atoms with E-state index in [2.05, 4.69) is 0 Å². The van der Waals surface area contributed by atoms with Gasteiger partial charge in [-0.25, -0.2) is 0 Å². The van der Waals surface area contributed by atoms with Gasteiger partial charge in [0.15, 0.2) is 0 Å². The number of carbonyl (C=O) groups excluding carboxylic acids is 1. The van der Waals surface area contributed by atoms with Crippen LogP contribution in [-0.2, 0) is 16.1 Å². The molecule has 0 amide bonds. The highest BCUT2D eigenvalue weighted by Gasteiger charge is 2.02. The molecule has 0 radical (unpaired) electrons. The monoisotopic (exact) mass is 251 g/mol. The third kappa shape index (κ3) is 4.73. The lowest BCUT2D eigenvalue weighted by atomic mass is 10.2. The molecule has 0 saturated heterocycles. The van der Waals surface area contributed by atoms with E-state index in [4.69, 9.17) is 4.74 Å². The molecule has 0 aliphatic carbocycles. The fourth-order valence-electron chi connectivity index (χ4n) is 1.79. The Morgan fingerprint density at radius 3 is 2.83 bits per heavy atom. The summed E-state index contributed by atoms with van der Waals surface area (Å²) in [6.07, 6.45) is 4.93. The number of hydrogen-bond donors (Lipinski definition) is 0. The summed E-state index contributed by atoms with van der Waals surface area (Å²) in [7, 11) is 0. The van der Waals surface area contributed by atoms with Crippen molar-refractivity contribution < 1.29 is 9.53 Å². The second-order valence-corrected chi connectivity index (χ2v) is 4.31. The number of pyridine rings is 1. The highest BCUT2D eigenvalue weighted by molar-refractivity contribution is 5.69. The van der Waals surface area contributed by atoms with E-state index in [1.165, 1.54) is 0 Å². The second kappa shape index (κ2) is 7.69. The van der Waals surface area contributed by atoms with E-state index in [1.54, 1.807) is 10.8 Å². The van der Waals surface area contributed by atoms with Crippen molar-refractivity contribution in [2.45, 2.75) is 46.1 Å². The molecule has 0 unspecified atom stereocenters. The average Bonchev–Trinajstić information content (AvgIpc) is 2.34. The average molecular weight is 251 g/mol. The molecule has 0 bridgehead atoms. The van der Waals surface area contributed by atoms with Crippen LogP contribution in [0, 0.1) is 6.92 Å². The number of rotatable bonds is 7. The fourth-order valence-corrected chi connectivity index (χ4v) is 1.79. The van der Waals surface area contributed by atoms with Crippen molar-refractivity contribution in [1.29, 1.82) is 0 Å².